The number of aryl methyl sites for hydroxylation is 1. The van der Waals surface area contributed by atoms with Gasteiger partial charge in [0.2, 0.25) is 0 Å². The van der Waals surface area contributed by atoms with Crippen LogP contribution in [0.15, 0.2) is 10.5 Å². The maximum atomic E-state index is 5.98. The van der Waals surface area contributed by atoms with E-state index in [2.05, 4.69) is 30.1 Å². The van der Waals surface area contributed by atoms with E-state index in [9.17, 15) is 0 Å². The first-order valence-corrected chi connectivity index (χ1v) is 8.32. The van der Waals surface area contributed by atoms with Crippen molar-refractivity contribution in [2.45, 2.75) is 77.5 Å². The van der Waals surface area contributed by atoms with Crippen LogP contribution in [-0.4, -0.2) is 23.5 Å². The van der Waals surface area contributed by atoms with Gasteiger partial charge in [0.25, 0.3) is 0 Å². The van der Waals surface area contributed by atoms with Gasteiger partial charge in [-0.2, -0.15) is 0 Å². The molecule has 1 aliphatic carbocycles. The summed E-state index contributed by atoms with van der Waals surface area (Å²) in [4.78, 5) is 2.61. The van der Waals surface area contributed by atoms with Crippen molar-refractivity contribution < 1.29 is 4.42 Å². The molecule has 1 aliphatic heterocycles. The molecule has 2 heterocycles. The van der Waals surface area contributed by atoms with Gasteiger partial charge < -0.3 is 9.73 Å². The molecule has 1 aromatic heterocycles. The van der Waals surface area contributed by atoms with Gasteiger partial charge >= 0.3 is 0 Å². The number of likely N-dealkylation sites (tertiary alicyclic amines) is 1. The van der Waals surface area contributed by atoms with Crippen LogP contribution in [-0.2, 0) is 13.1 Å². The molecule has 112 valence electrons. The number of nitrogens with one attached hydrogen (secondary N) is 1. The molecule has 3 nitrogen and oxygen atoms in total. The molecule has 1 saturated carbocycles. The summed E-state index contributed by atoms with van der Waals surface area (Å²) in [5.74, 6) is 2.24. The van der Waals surface area contributed by atoms with Crippen LogP contribution in [0.5, 0.6) is 0 Å². The van der Waals surface area contributed by atoms with Gasteiger partial charge in [-0.05, 0) is 51.6 Å². The van der Waals surface area contributed by atoms with Crippen LogP contribution in [0.4, 0.5) is 0 Å². The molecule has 0 radical (unpaired) electrons. The SMILES string of the molecule is CCC1CCCCN1Cc1cc(CNC2CC2)c(C)o1. The first kappa shape index (κ1) is 14.2. The minimum absolute atomic E-state index is 0.752. The molecule has 1 saturated heterocycles. The zero-order chi connectivity index (χ0) is 13.9. The minimum Gasteiger partial charge on any atom is -0.465 e. The van der Waals surface area contributed by atoms with Crippen molar-refractivity contribution in [3.05, 3.63) is 23.2 Å². The summed E-state index contributed by atoms with van der Waals surface area (Å²) in [7, 11) is 0. The fraction of sp³-hybridized carbons (Fsp3) is 0.765. The number of furan rings is 1. The first-order valence-electron chi connectivity index (χ1n) is 8.32. The second-order valence-electron chi connectivity index (χ2n) is 6.48. The quantitative estimate of drug-likeness (QED) is 0.860. The van der Waals surface area contributed by atoms with Gasteiger partial charge in [0, 0.05) is 24.2 Å². The van der Waals surface area contributed by atoms with Crippen molar-refractivity contribution in [3.63, 3.8) is 0 Å². The molecule has 3 rings (SSSR count). The summed E-state index contributed by atoms with van der Waals surface area (Å²) in [6.07, 6.45) is 8.03. The second-order valence-corrected chi connectivity index (χ2v) is 6.48. The van der Waals surface area contributed by atoms with E-state index in [4.69, 9.17) is 4.42 Å². The van der Waals surface area contributed by atoms with Crippen LogP contribution >= 0.6 is 0 Å². The van der Waals surface area contributed by atoms with Gasteiger partial charge in [-0.3, -0.25) is 4.90 Å². The molecule has 3 heteroatoms. The molecule has 1 aromatic rings. The molecule has 0 aromatic carbocycles. The van der Waals surface area contributed by atoms with E-state index in [1.54, 1.807) is 0 Å². The Morgan fingerprint density at radius 3 is 2.90 bits per heavy atom. The van der Waals surface area contributed by atoms with Crippen molar-refractivity contribution in [1.82, 2.24) is 10.2 Å². The third-order valence-electron chi connectivity index (χ3n) is 4.81. The Hall–Kier alpha value is -0.800. The van der Waals surface area contributed by atoms with E-state index < -0.39 is 0 Å². The Bertz CT molecular complexity index is 436. The highest BCUT2D eigenvalue weighted by molar-refractivity contribution is 5.21. The minimum atomic E-state index is 0.752. The number of piperidine rings is 1. The van der Waals surface area contributed by atoms with Crippen molar-refractivity contribution in [2.75, 3.05) is 6.54 Å². The first-order chi connectivity index (χ1) is 9.76. The lowest BCUT2D eigenvalue weighted by Gasteiger charge is -2.34. The zero-order valence-electron chi connectivity index (χ0n) is 13.0. The van der Waals surface area contributed by atoms with Gasteiger partial charge in [-0.25, -0.2) is 0 Å². The van der Waals surface area contributed by atoms with Crippen LogP contribution in [0, 0.1) is 6.92 Å². The molecule has 2 aliphatic rings. The molecule has 1 atom stereocenters. The van der Waals surface area contributed by atoms with Crippen molar-refractivity contribution in [2.24, 2.45) is 0 Å². The normalized spacial score (nSPS) is 24.2. The fourth-order valence-corrected chi connectivity index (χ4v) is 3.31. The summed E-state index contributed by atoms with van der Waals surface area (Å²) in [5, 5.41) is 3.58. The van der Waals surface area contributed by atoms with Gasteiger partial charge in [0.1, 0.15) is 11.5 Å². The van der Waals surface area contributed by atoms with Crippen molar-refractivity contribution >= 4 is 0 Å². The van der Waals surface area contributed by atoms with E-state index >= 15 is 0 Å². The van der Waals surface area contributed by atoms with E-state index in [1.807, 2.05) is 0 Å². The molecule has 0 amide bonds. The lowest BCUT2D eigenvalue weighted by Crippen LogP contribution is -2.38. The zero-order valence-corrected chi connectivity index (χ0v) is 13.0. The van der Waals surface area contributed by atoms with E-state index in [1.165, 1.54) is 50.6 Å². The maximum absolute atomic E-state index is 5.98. The molecule has 0 spiro atoms. The molecule has 1 N–H and O–H groups in total. The Morgan fingerprint density at radius 2 is 2.15 bits per heavy atom. The molecular formula is C17H28N2O. The highest BCUT2D eigenvalue weighted by Crippen LogP contribution is 2.25. The van der Waals surface area contributed by atoms with Crippen LogP contribution in [0.25, 0.3) is 0 Å². The molecule has 1 unspecified atom stereocenters. The molecule has 0 bridgehead atoms. The summed E-state index contributed by atoms with van der Waals surface area (Å²) in [5.41, 5.74) is 1.34. The van der Waals surface area contributed by atoms with Crippen LogP contribution < -0.4 is 5.32 Å². The number of nitrogens with zero attached hydrogens (tertiary/aromatic N) is 1. The van der Waals surface area contributed by atoms with E-state index in [-0.39, 0.29) is 0 Å². The monoisotopic (exact) mass is 276 g/mol. The summed E-state index contributed by atoms with van der Waals surface area (Å²) >= 11 is 0. The second kappa shape index (κ2) is 6.31. The van der Waals surface area contributed by atoms with E-state index in [0.29, 0.717) is 0 Å². The highest BCUT2D eigenvalue weighted by Gasteiger charge is 2.23. The van der Waals surface area contributed by atoms with Gasteiger partial charge in [-0.1, -0.05) is 13.3 Å². The molecular weight excluding hydrogens is 248 g/mol. The van der Waals surface area contributed by atoms with Crippen molar-refractivity contribution in [3.8, 4) is 0 Å². The molecule has 20 heavy (non-hydrogen) atoms. The third-order valence-corrected chi connectivity index (χ3v) is 4.81. The fourth-order valence-electron chi connectivity index (χ4n) is 3.31. The average Bonchev–Trinajstić information content (AvgIpc) is 3.22. The summed E-state index contributed by atoms with van der Waals surface area (Å²) in [6.45, 7) is 7.59. The maximum Gasteiger partial charge on any atom is 0.118 e. The van der Waals surface area contributed by atoms with Gasteiger partial charge in [0.15, 0.2) is 0 Å². The predicted molar refractivity (Wildman–Crippen MR) is 81.6 cm³/mol. The van der Waals surface area contributed by atoms with Crippen molar-refractivity contribution in [1.29, 1.82) is 0 Å². The van der Waals surface area contributed by atoms with E-state index in [0.717, 1.165) is 36.7 Å². The molecule has 2 fully saturated rings. The van der Waals surface area contributed by atoms with Gasteiger partial charge in [0.05, 0.1) is 6.54 Å². The summed E-state index contributed by atoms with van der Waals surface area (Å²) < 4.78 is 5.98. The van der Waals surface area contributed by atoms with Gasteiger partial charge in [-0.15, -0.1) is 0 Å². The third kappa shape index (κ3) is 3.44. The lowest BCUT2D eigenvalue weighted by atomic mass is 10.00. The number of hydrogen-bond donors (Lipinski definition) is 1. The average molecular weight is 276 g/mol. The number of hydrogen-bond acceptors (Lipinski definition) is 3. The topological polar surface area (TPSA) is 28.4 Å². The lowest BCUT2D eigenvalue weighted by molar-refractivity contribution is 0.126. The van der Waals surface area contributed by atoms with Crippen LogP contribution in [0.2, 0.25) is 0 Å². The Labute approximate surface area is 122 Å². The predicted octanol–water partition coefficient (Wildman–Crippen LogP) is 3.60. The highest BCUT2D eigenvalue weighted by atomic mass is 16.3. The Balaban J connectivity index is 1.59. The summed E-state index contributed by atoms with van der Waals surface area (Å²) in [6, 6.07) is 3.79. The standard InChI is InChI=1S/C17H28N2O/c1-3-16-6-4-5-9-19(16)12-17-10-14(13(2)20-17)11-18-15-7-8-15/h10,15-16,18H,3-9,11-12H2,1-2H3. The smallest absolute Gasteiger partial charge is 0.118 e. The Morgan fingerprint density at radius 1 is 1.30 bits per heavy atom. The Kier molecular flexibility index (Phi) is 4.47. The number of rotatable bonds is 6. The largest absolute Gasteiger partial charge is 0.465 e. The van der Waals surface area contributed by atoms with Crippen LogP contribution in [0.1, 0.15) is 62.5 Å². The van der Waals surface area contributed by atoms with Crippen LogP contribution in [0.3, 0.4) is 0 Å².